The largest absolute Gasteiger partial charge is 0.310 e. The van der Waals surface area contributed by atoms with Crippen LogP contribution >= 0.6 is 0 Å². The van der Waals surface area contributed by atoms with Gasteiger partial charge in [0, 0.05) is 12.6 Å². The normalized spacial score (nSPS) is 12.7. The first-order valence-electron chi connectivity index (χ1n) is 6.93. The Hall–Kier alpha value is -0.820. The Morgan fingerprint density at radius 3 is 2.35 bits per heavy atom. The molecule has 0 fully saturated rings. The maximum absolute atomic E-state index is 3.64. The third-order valence-electron chi connectivity index (χ3n) is 3.51. The van der Waals surface area contributed by atoms with Crippen molar-refractivity contribution in [3.63, 3.8) is 0 Å². The lowest BCUT2D eigenvalue weighted by Gasteiger charge is -2.16. The molecule has 0 aliphatic heterocycles. The fourth-order valence-corrected chi connectivity index (χ4v) is 2.21. The van der Waals surface area contributed by atoms with E-state index in [4.69, 9.17) is 0 Å². The van der Waals surface area contributed by atoms with Crippen molar-refractivity contribution in [1.29, 1.82) is 0 Å². The van der Waals surface area contributed by atoms with Gasteiger partial charge in [-0.25, -0.2) is 0 Å². The lowest BCUT2D eigenvalue weighted by Crippen LogP contribution is -2.26. The van der Waals surface area contributed by atoms with Crippen molar-refractivity contribution in [2.24, 2.45) is 0 Å². The topological polar surface area (TPSA) is 12.0 Å². The highest BCUT2D eigenvalue weighted by molar-refractivity contribution is 5.33. The molecule has 1 aromatic carbocycles. The minimum atomic E-state index is 0.626. The standard InChI is InChI=1S/C16H27N/c1-5-6-7-11-15(4)17-12-16-13(2)9-8-10-14(16)3/h8-10,15,17H,5-7,11-12H2,1-4H3. The zero-order valence-corrected chi connectivity index (χ0v) is 11.8. The lowest BCUT2D eigenvalue weighted by molar-refractivity contribution is 0.486. The Kier molecular flexibility index (Phi) is 6.28. The molecule has 1 nitrogen and oxygen atoms in total. The van der Waals surface area contributed by atoms with Crippen LogP contribution in [0.4, 0.5) is 0 Å². The second kappa shape index (κ2) is 7.50. The zero-order chi connectivity index (χ0) is 12.7. The van der Waals surface area contributed by atoms with E-state index in [1.165, 1.54) is 42.4 Å². The van der Waals surface area contributed by atoms with Crippen LogP contribution in [0, 0.1) is 13.8 Å². The molecule has 0 bridgehead atoms. The summed E-state index contributed by atoms with van der Waals surface area (Å²) in [5.74, 6) is 0. The van der Waals surface area contributed by atoms with Gasteiger partial charge in [-0.15, -0.1) is 0 Å². The van der Waals surface area contributed by atoms with Crippen molar-refractivity contribution < 1.29 is 0 Å². The third-order valence-corrected chi connectivity index (χ3v) is 3.51. The lowest BCUT2D eigenvalue weighted by atomic mass is 10.0. The van der Waals surface area contributed by atoms with Gasteiger partial charge in [0.25, 0.3) is 0 Å². The summed E-state index contributed by atoms with van der Waals surface area (Å²) in [6.07, 6.45) is 5.30. The molecule has 17 heavy (non-hydrogen) atoms. The van der Waals surface area contributed by atoms with Crippen LogP contribution in [0.25, 0.3) is 0 Å². The average Bonchev–Trinajstić information content (AvgIpc) is 2.29. The molecule has 0 heterocycles. The molecular formula is C16H27N. The number of hydrogen-bond donors (Lipinski definition) is 1. The van der Waals surface area contributed by atoms with Crippen LogP contribution in [0.3, 0.4) is 0 Å². The monoisotopic (exact) mass is 233 g/mol. The quantitative estimate of drug-likeness (QED) is 0.690. The van der Waals surface area contributed by atoms with Crippen LogP contribution in [0.15, 0.2) is 18.2 Å². The van der Waals surface area contributed by atoms with Crippen molar-refractivity contribution in [1.82, 2.24) is 5.32 Å². The molecule has 1 rings (SSSR count). The highest BCUT2D eigenvalue weighted by Gasteiger charge is 2.04. The second-order valence-corrected chi connectivity index (χ2v) is 5.15. The Labute approximate surface area is 107 Å². The van der Waals surface area contributed by atoms with E-state index >= 15 is 0 Å². The molecule has 1 unspecified atom stereocenters. The molecule has 96 valence electrons. The van der Waals surface area contributed by atoms with Gasteiger partial charge < -0.3 is 5.32 Å². The van der Waals surface area contributed by atoms with Crippen molar-refractivity contribution in [2.45, 2.75) is 66.0 Å². The predicted octanol–water partition coefficient (Wildman–Crippen LogP) is 4.36. The molecule has 1 heteroatoms. The van der Waals surface area contributed by atoms with E-state index in [1.54, 1.807) is 0 Å². The summed E-state index contributed by atoms with van der Waals surface area (Å²) in [4.78, 5) is 0. The Balaban J connectivity index is 2.39. The van der Waals surface area contributed by atoms with E-state index in [0.29, 0.717) is 6.04 Å². The maximum atomic E-state index is 3.64. The molecular weight excluding hydrogens is 206 g/mol. The molecule has 0 spiro atoms. The number of rotatable bonds is 7. The van der Waals surface area contributed by atoms with Gasteiger partial charge in [-0.3, -0.25) is 0 Å². The molecule has 0 saturated heterocycles. The summed E-state index contributed by atoms with van der Waals surface area (Å²) in [5.41, 5.74) is 4.27. The van der Waals surface area contributed by atoms with Crippen molar-refractivity contribution in [3.05, 3.63) is 34.9 Å². The van der Waals surface area contributed by atoms with Gasteiger partial charge >= 0.3 is 0 Å². The highest BCUT2D eigenvalue weighted by Crippen LogP contribution is 2.13. The minimum Gasteiger partial charge on any atom is -0.310 e. The van der Waals surface area contributed by atoms with Crippen LogP contribution in [-0.2, 0) is 6.54 Å². The number of benzene rings is 1. The number of unbranched alkanes of at least 4 members (excludes halogenated alkanes) is 2. The highest BCUT2D eigenvalue weighted by atomic mass is 14.9. The molecule has 0 aliphatic carbocycles. The van der Waals surface area contributed by atoms with Crippen molar-refractivity contribution >= 4 is 0 Å². The van der Waals surface area contributed by atoms with Gasteiger partial charge in [-0.1, -0.05) is 44.4 Å². The summed E-state index contributed by atoms with van der Waals surface area (Å²) >= 11 is 0. The summed E-state index contributed by atoms with van der Waals surface area (Å²) in [6, 6.07) is 7.16. The summed E-state index contributed by atoms with van der Waals surface area (Å²) < 4.78 is 0. The SMILES string of the molecule is CCCCCC(C)NCc1c(C)cccc1C. The Bertz CT molecular complexity index is 310. The van der Waals surface area contributed by atoms with Crippen LogP contribution in [0.1, 0.15) is 56.2 Å². The van der Waals surface area contributed by atoms with E-state index in [1.807, 2.05) is 0 Å². The molecule has 0 aromatic heterocycles. The minimum absolute atomic E-state index is 0.626. The fourth-order valence-electron chi connectivity index (χ4n) is 2.21. The molecule has 0 radical (unpaired) electrons. The van der Waals surface area contributed by atoms with Gasteiger partial charge in [0.05, 0.1) is 0 Å². The van der Waals surface area contributed by atoms with E-state index in [2.05, 4.69) is 51.2 Å². The Morgan fingerprint density at radius 2 is 1.76 bits per heavy atom. The predicted molar refractivity (Wildman–Crippen MR) is 76.4 cm³/mol. The second-order valence-electron chi connectivity index (χ2n) is 5.15. The number of aryl methyl sites for hydroxylation is 2. The maximum Gasteiger partial charge on any atom is 0.0213 e. The summed E-state index contributed by atoms with van der Waals surface area (Å²) in [6.45, 7) is 9.96. The van der Waals surface area contributed by atoms with E-state index < -0.39 is 0 Å². The molecule has 1 aromatic rings. The molecule has 0 amide bonds. The first kappa shape index (κ1) is 14.2. The number of hydrogen-bond acceptors (Lipinski definition) is 1. The van der Waals surface area contributed by atoms with Gasteiger partial charge in [-0.05, 0) is 43.9 Å². The fraction of sp³-hybridized carbons (Fsp3) is 0.625. The van der Waals surface area contributed by atoms with Crippen LogP contribution < -0.4 is 5.32 Å². The first-order valence-corrected chi connectivity index (χ1v) is 6.93. The third kappa shape index (κ3) is 4.91. The first-order chi connectivity index (χ1) is 8.15. The zero-order valence-electron chi connectivity index (χ0n) is 11.8. The smallest absolute Gasteiger partial charge is 0.0213 e. The molecule has 0 aliphatic rings. The van der Waals surface area contributed by atoms with E-state index in [9.17, 15) is 0 Å². The van der Waals surface area contributed by atoms with Gasteiger partial charge in [0.2, 0.25) is 0 Å². The van der Waals surface area contributed by atoms with E-state index in [-0.39, 0.29) is 0 Å². The molecule has 1 N–H and O–H groups in total. The van der Waals surface area contributed by atoms with Crippen molar-refractivity contribution in [3.8, 4) is 0 Å². The van der Waals surface area contributed by atoms with Crippen molar-refractivity contribution in [2.75, 3.05) is 0 Å². The molecule has 0 saturated carbocycles. The van der Waals surface area contributed by atoms with Gasteiger partial charge in [0.1, 0.15) is 0 Å². The summed E-state index contributed by atoms with van der Waals surface area (Å²) in [5, 5.41) is 3.64. The van der Waals surface area contributed by atoms with Crippen LogP contribution in [0.5, 0.6) is 0 Å². The summed E-state index contributed by atoms with van der Waals surface area (Å²) in [7, 11) is 0. The van der Waals surface area contributed by atoms with Crippen LogP contribution in [0.2, 0.25) is 0 Å². The molecule has 1 atom stereocenters. The van der Waals surface area contributed by atoms with E-state index in [0.717, 1.165) is 6.54 Å². The number of nitrogens with one attached hydrogen (secondary N) is 1. The van der Waals surface area contributed by atoms with Crippen LogP contribution in [-0.4, -0.2) is 6.04 Å². The average molecular weight is 233 g/mol. The van der Waals surface area contributed by atoms with Gasteiger partial charge in [0.15, 0.2) is 0 Å². The Morgan fingerprint density at radius 1 is 1.12 bits per heavy atom. The van der Waals surface area contributed by atoms with Gasteiger partial charge in [-0.2, -0.15) is 0 Å².